The molecule has 0 atom stereocenters. The van der Waals surface area contributed by atoms with Crippen LogP contribution in [0, 0.1) is 0 Å². The summed E-state index contributed by atoms with van der Waals surface area (Å²) in [5, 5.41) is 16.1. The average Bonchev–Trinajstić information content (AvgIpc) is 3.96. The fourth-order valence-corrected chi connectivity index (χ4v) is 11.1. The zero-order valence-electron chi connectivity index (χ0n) is 37.9. The van der Waals surface area contributed by atoms with Crippen molar-refractivity contribution < 1.29 is 8.83 Å². The highest BCUT2D eigenvalue weighted by Crippen LogP contribution is 2.54. The molecular formula is C64H44N2O2. The van der Waals surface area contributed by atoms with Crippen LogP contribution in [0.1, 0.15) is 26.3 Å². The second-order valence-electron chi connectivity index (χ2n) is 19.2. The Kier molecular flexibility index (Phi) is 8.21. The van der Waals surface area contributed by atoms with Gasteiger partial charge in [0.05, 0.1) is 34.1 Å². The highest BCUT2D eigenvalue weighted by molar-refractivity contribution is 6.30. The quantitative estimate of drug-likeness (QED) is 0.156. The molecule has 0 unspecified atom stereocenters. The number of nitrogens with zero attached hydrogens (tertiary/aromatic N) is 2. The predicted molar refractivity (Wildman–Crippen MR) is 288 cm³/mol. The van der Waals surface area contributed by atoms with Crippen molar-refractivity contribution in [3.63, 3.8) is 0 Å². The molecule has 0 aliphatic heterocycles. The Morgan fingerprint density at radius 3 is 1.18 bits per heavy atom. The van der Waals surface area contributed by atoms with Crippen molar-refractivity contribution in [1.29, 1.82) is 0 Å². The monoisotopic (exact) mass is 872 g/mol. The highest BCUT2D eigenvalue weighted by atomic mass is 16.3. The Morgan fingerprint density at radius 2 is 0.691 bits per heavy atom. The molecule has 0 fully saturated rings. The summed E-state index contributed by atoms with van der Waals surface area (Å²) >= 11 is 0. The van der Waals surface area contributed by atoms with Crippen LogP contribution in [-0.4, -0.2) is 0 Å². The molecule has 14 aromatic rings. The number of anilines is 6. The molecule has 12 aromatic carbocycles. The molecule has 0 aliphatic rings. The van der Waals surface area contributed by atoms with Crippen molar-refractivity contribution in [3.05, 3.63) is 218 Å². The van der Waals surface area contributed by atoms with E-state index in [-0.39, 0.29) is 5.41 Å². The van der Waals surface area contributed by atoms with E-state index in [2.05, 4.69) is 243 Å². The molecule has 2 aromatic heterocycles. The zero-order valence-corrected chi connectivity index (χ0v) is 37.9. The van der Waals surface area contributed by atoms with Crippen LogP contribution < -0.4 is 9.80 Å². The van der Waals surface area contributed by atoms with Crippen molar-refractivity contribution in [2.75, 3.05) is 9.80 Å². The van der Waals surface area contributed by atoms with Gasteiger partial charge in [-0.1, -0.05) is 191 Å². The van der Waals surface area contributed by atoms with Crippen molar-refractivity contribution in [2.24, 2.45) is 0 Å². The molecule has 0 aliphatic carbocycles. The molecule has 0 saturated heterocycles. The van der Waals surface area contributed by atoms with Gasteiger partial charge in [0.1, 0.15) is 11.2 Å². The molecule has 0 bridgehead atoms. The molecule has 2 heterocycles. The van der Waals surface area contributed by atoms with Gasteiger partial charge >= 0.3 is 0 Å². The van der Waals surface area contributed by atoms with Crippen LogP contribution in [0.3, 0.4) is 0 Å². The molecule has 4 nitrogen and oxygen atoms in total. The Hall–Kier alpha value is -8.60. The minimum absolute atomic E-state index is 0.0341. The van der Waals surface area contributed by atoms with E-state index in [9.17, 15) is 0 Å². The summed E-state index contributed by atoms with van der Waals surface area (Å²) in [7, 11) is 0. The summed E-state index contributed by atoms with van der Waals surface area (Å²) in [5.74, 6) is 0. The van der Waals surface area contributed by atoms with Crippen LogP contribution in [0.15, 0.2) is 221 Å². The van der Waals surface area contributed by atoms with Crippen molar-refractivity contribution in [1.82, 2.24) is 0 Å². The van der Waals surface area contributed by atoms with Gasteiger partial charge in [-0.05, 0) is 80.4 Å². The van der Waals surface area contributed by atoms with Gasteiger partial charge in [0.25, 0.3) is 0 Å². The van der Waals surface area contributed by atoms with E-state index in [1.54, 1.807) is 0 Å². The van der Waals surface area contributed by atoms with E-state index in [1.807, 2.05) is 0 Å². The number of furan rings is 2. The minimum Gasteiger partial charge on any atom is -0.454 e. The number of hydrogen-bond acceptors (Lipinski definition) is 4. The summed E-state index contributed by atoms with van der Waals surface area (Å²) in [6.45, 7) is 6.91. The zero-order chi connectivity index (χ0) is 45.3. The fraction of sp³-hybridized carbons (Fsp3) is 0.0625. The Balaban J connectivity index is 1.19. The number of rotatable bonds is 6. The number of para-hydroxylation sites is 4. The van der Waals surface area contributed by atoms with Crippen LogP contribution in [0.4, 0.5) is 34.1 Å². The third-order valence-corrected chi connectivity index (χ3v) is 14.3. The van der Waals surface area contributed by atoms with Crippen molar-refractivity contribution >= 4 is 132 Å². The number of fused-ring (bicyclic) bond motifs is 8. The van der Waals surface area contributed by atoms with E-state index in [4.69, 9.17) is 8.83 Å². The van der Waals surface area contributed by atoms with E-state index in [1.165, 1.54) is 27.1 Å². The van der Waals surface area contributed by atoms with E-state index >= 15 is 0 Å². The molecule has 14 rings (SSSR count). The maximum Gasteiger partial charge on any atom is 0.159 e. The number of hydrogen-bond donors (Lipinski definition) is 0. The van der Waals surface area contributed by atoms with Crippen molar-refractivity contribution in [3.8, 4) is 0 Å². The van der Waals surface area contributed by atoms with Crippen LogP contribution in [0.2, 0.25) is 0 Å². The third-order valence-electron chi connectivity index (χ3n) is 14.3. The van der Waals surface area contributed by atoms with Crippen LogP contribution in [0.25, 0.3) is 97.7 Å². The van der Waals surface area contributed by atoms with Gasteiger partial charge in [-0.25, -0.2) is 0 Å². The molecule has 0 radical (unpaired) electrons. The molecule has 68 heavy (non-hydrogen) atoms. The molecule has 4 heteroatoms. The fourth-order valence-electron chi connectivity index (χ4n) is 11.1. The first kappa shape index (κ1) is 38.6. The summed E-state index contributed by atoms with van der Waals surface area (Å²) in [6.07, 6.45) is 0. The smallest absolute Gasteiger partial charge is 0.159 e. The average molecular weight is 873 g/mol. The first-order chi connectivity index (χ1) is 33.4. The first-order valence-corrected chi connectivity index (χ1v) is 23.5. The normalized spacial score (nSPS) is 12.3. The number of benzene rings is 12. The van der Waals surface area contributed by atoms with Gasteiger partial charge in [0, 0.05) is 48.5 Å². The lowest BCUT2D eigenvalue weighted by atomic mass is 9.83. The lowest BCUT2D eigenvalue weighted by Gasteiger charge is -2.33. The van der Waals surface area contributed by atoms with E-state index < -0.39 is 0 Å². The second kappa shape index (κ2) is 14.4. The molecule has 0 spiro atoms. The van der Waals surface area contributed by atoms with E-state index in [0.717, 1.165) is 110 Å². The largest absolute Gasteiger partial charge is 0.454 e. The summed E-state index contributed by atoms with van der Waals surface area (Å²) in [5.41, 5.74) is 10.8. The van der Waals surface area contributed by atoms with Crippen LogP contribution in [-0.2, 0) is 5.41 Å². The highest BCUT2D eigenvalue weighted by Gasteiger charge is 2.29. The Morgan fingerprint density at radius 1 is 0.294 bits per heavy atom. The molecule has 0 N–H and O–H groups in total. The summed E-state index contributed by atoms with van der Waals surface area (Å²) < 4.78 is 13.9. The first-order valence-electron chi connectivity index (χ1n) is 23.5. The molecule has 0 amide bonds. The SMILES string of the molecule is CC(C)(C)c1cc2ccc3c(N(c4cccc5ccccc45)c4cccc5c4oc4ccccc45)cc(N(c4cccc5ccccc45)c4cccc5c4oc4ccccc45)c4ccc(c1)c2c34. The lowest BCUT2D eigenvalue weighted by molar-refractivity contribution is 0.591. The predicted octanol–water partition coefficient (Wildman–Crippen LogP) is 18.9. The molecule has 322 valence electrons. The standard InChI is InChI=1S/C64H44N2O2/c1-64(2,3)43-36-41-32-34-50-56(65(52-26-12-18-39-16-4-6-20-44(39)52)54-28-14-24-48-46-22-8-10-30-58(46)67-62(48)54)38-57(51-35-33-42(37-43)60(41)61(50)51)66(53-27-13-19-40-17-5-7-21-45(40)53)55-29-15-25-49-47-23-9-11-31-59(47)68-63(49)55/h4-38H,1-3H3. The Labute approximate surface area is 392 Å². The van der Waals surface area contributed by atoms with E-state index in [0.29, 0.717) is 0 Å². The van der Waals surface area contributed by atoms with Gasteiger partial charge in [-0.15, -0.1) is 0 Å². The summed E-state index contributed by atoms with van der Waals surface area (Å²) in [6, 6.07) is 77.2. The third kappa shape index (κ3) is 5.67. The second-order valence-corrected chi connectivity index (χ2v) is 19.2. The summed E-state index contributed by atoms with van der Waals surface area (Å²) in [4.78, 5) is 4.93. The van der Waals surface area contributed by atoms with Gasteiger partial charge < -0.3 is 18.6 Å². The van der Waals surface area contributed by atoms with Gasteiger partial charge in [0.2, 0.25) is 0 Å². The molecular weight excluding hydrogens is 829 g/mol. The van der Waals surface area contributed by atoms with Gasteiger partial charge in [0.15, 0.2) is 11.2 Å². The lowest BCUT2D eigenvalue weighted by Crippen LogP contribution is -2.15. The van der Waals surface area contributed by atoms with Gasteiger partial charge in [-0.2, -0.15) is 0 Å². The molecule has 0 saturated carbocycles. The maximum absolute atomic E-state index is 6.97. The van der Waals surface area contributed by atoms with Crippen molar-refractivity contribution in [2.45, 2.75) is 26.2 Å². The minimum atomic E-state index is -0.0341. The topological polar surface area (TPSA) is 32.8 Å². The van der Waals surface area contributed by atoms with Crippen LogP contribution in [0.5, 0.6) is 0 Å². The van der Waals surface area contributed by atoms with Gasteiger partial charge in [-0.3, -0.25) is 0 Å². The Bertz CT molecular complexity index is 4060. The maximum atomic E-state index is 6.97. The van der Waals surface area contributed by atoms with Crippen LogP contribution >= 0.6 is 0 Å².